The van der Waals surface area contributed by atoms with E-state index in [1.807, 2.05) is 0 Å². The van der Waals surface area contributed by atoms with Gasteiger partial charge < -0.3 is 9.53 Å². The molecule has 110 valence electrons. The van der Waals surface area contributed by atoms with Crippen molar-refractivity contribution in [3.8, 4) is 5.75 Å². The maximum Gasteiger partial charge on any atom is 0.419 e. The molecule has 3 nitrogen and oxygen atoms in total. The van der Waals surface area contributed by atoms with E-state index in [9.17, 15) is 27.2 Å². The molecule has 0 saturated heterocycles. The predicted octanol–water partition coefficient (Wildman–Crippen LogP) is 3.51. The van der Waals surface area contributed by atoms with E-state index >= 15 is 0 Å². The highest BCUT2D eigenvalue weighted by molar-refractivity contribution is 5.77. The number of hydrogen-bond acceptors (Lipinski definition) is 3. The van der Waals surface area contributed by atoms with Crippen molar-refractivity contribution < 1.29 is 31.9 Å². The van der Waals surface area contributed by atoms with Crippen LogP contribution in [0.15, 0.2) is 18.2 Å². The fraction of sp³-hybridized carbons (Fsp3) is 0.385. The summed E-state index contributed by atoms with van der Waals surface area (Å²) >= 11 is 0. The third-order valence-corrected chi connectivity index (χ3v) is 2.38. The van der Waals surface area contributed by atoms with Crippen molar-refractivity contribution in [2.45, 2.75) is 32.4 Å². The van der Waals surface area contributed by atoms with Crippen LogP contribution >= 0.6 is 0 Å². The van der Waals surface area contributed by atoms with Crippen LogP contribution in [-0.4, -0.2) is 11.8 Å². The fourth-order valence-corrected chi connectivity index (χ4v) is 1.45. The number of alkyl halides is 3. The predicted molar refractivity (Wildman–Crippen MR) is 61.6 cm³/mol. The van der Waals surface area contributed by atoms with E-state index in [1.54, 1.807) is 0 Å². The summed E-state index contributed by atoms with van der Waals surface area (Å²) in [6, 6.07) is 1.95. The average molecular weight is 292 g/mol. The molecular weight excluding hydrogens is 280 g/mol. The average Bonchev–Trinajstić information content (AvgIpc) is 2.29. The number of hydrogen-bond donors (Lipinski definition) is 0. The van der Waals surface area contributed by atoms with Crippen LogP contribution in [0.1, 0.15) is 31.7 Å². The summed E-state index contributed by atoms with van der Waals surface area (Å²) < 4.78 is 55.0. The number of rotatable bonds is 5. The van der Waals surface area contributed by atoms with Gasteiger partial charge in [0.1, 0.15) is 17.3 Å². The summed E-state index contributed by atoms with van der Waals surface area (Å²) in [4.78, 5) is 22.0. The maximum atomic E-state index is 13.0. The highest BCUT2D eigenvalue weighted by Crippen LogP contribution is 2.33. The Labute approximate surface area is 112 Å². The standard InChI is InChI=1S/C13H12F4O3/c1-8(18)3-2-4-12(19)20-9-5-6-11(14)10(7-9)13(15,16)17/h5-7H,2-4H2,1H3. The SMILES string of the molecule is CC(=O)CCCC(=O)Oc1ccc(F)c(C(F)(F)F)c1. The molecule has 0 amide bonds. The van der Waals surface area contributed by atoms with E-state index in [-0.39, 0.29) is 30.8 Å². The number of esters is 1. The molecule has 0 fully saturated rings. The zero-order chi connectivity index (χ0) is 15.3. The van der Waals surface area contributed by atoms with Gasteiger partial charge in [-0.1, -0.05) is 0 Å². The molecule has 1 aromatic rings. The Morgan fingerprint density at radius 1 is 1.20 bits per heavy atom. The van der Waals surface area contributed by atoms with Gasteiger partial charge in [0.25, 0.3) is 0 Å². The second-order valence-corrected chi connectivity index (χ2v) is 4.17. The van der Waals surface area contributed by atoms with Crippen molar-refractivity contribution >= 4 is 11.8 Å². The van der Waals surface area contributed by atoms with Gasteiger partial charge in [-0.15, -0.1) is 0 Å². The quantitative estimate of drug-likeness (QED) is 0.474. The lowest BCUT2D eigenvalue weighted by molar-refractivity contribution is -0.141. The van der Waals surface area contributed by atoms with Gasteiger partial charge in [-0.25, -0.2) is 4.39 Å². The van der Waals surface area contributed by atoms with Crippen LogP contribution in [0.4, 0.5) is 17.6 Å². The van der Waals surface area contributed by atoms with Crippen LogP contribution in [0.5, 0.6) is 5.75 Å². The zero-order valence-electron chi connectivity index (χ0n) is 10.6. The number of ketones is 1. The molecule has 1 aromatic carbocycles. The second kappa shape index (κ2) is 6.49. The van der Waals surface area contributed by atoms with Crippen LogP contribution in [-0.2, 0) is 15.8 Å². The minimum atomic E-state index is -4.86. The maximum absolute atomic E-state index is 13.0. The Kier molecular flexibility index (Phi) is 5.24. The van der Waals surface area contributed by atoms with Gasteiger partial charge in [0.2, 0.25) is 0 Å². The van der Waals surface area contributed by atoms with Gasteiger partial charge in [-0.3, -0.25) is 4.79 Å². The van der Waals surface area contributed by atoms with Gasteiger partial charge >= 0.3 is 12.1 Å². The molecule has 20 heavy (non-hydrogen) atoms. The Balaban J connectivity index is 2.69. The minimum absolute atomic E-state index is 0.0982. The first-order valence-corrected chi connectivity index (χ1v) is 5.77. The van der Waals surface area contributed by atoms with Crippen LogP contribution in [0.2, 0.25) is 0 Å². The summed E-state index contributed by atoms with van der Waals surface area (Å²) in [5.74, 6) is -2.69. The fourth-order valence-electron chi connectivity index (χ4n) is 1.45. The summed E-state index contributed by atoms with van der Waals surface area (Å²) in [6.07, 6.45) is -4.52. The number of carbonyl (C=O) groups is 2. The molecule has 7 heteroatoms. The van der Waals surface area contributed by atoms with Crippen molar-refractivity contribution in [3.63, 3.8) is 0 Å². The lowest BCUT2D eigenvalue weighted by Crippen LogP contribution is -2.11. The molecule has 0 aliphatic carbocycles. The third-order valence-electron chi connectivity index (χ3n) is 2.38. The number of Topliss-reactive ketones (excluding diaryl/α,β-unsaturated/α-hetero) is 1. The molecular formula is C13H12F4O3. The van der Waals surface area contributed by atoms with Gasteiger partial charge in [0.15, 0.2) is 0 Å². The van der Waals surface area contributed by atoms with Crippen LogP contribution in [0, 0.1) is 5.82 Å². The first-order valence-electron chi connectivity index (χ1n) is 5.77. The molecule has 0 radical (unpaired) electrons. The Morgan fingerprint density at radius 3 is 2.40 bits per heavy atom. The second-order valence-electron chi connectivity index (χ2n) is 4.17. The van der Waals surface area contributed by atoms with E-state index < -0.39 is 23.5 Å². The van der Waals surface area contributed by atoms with Gasteiger partial charge in [0.05, 0.1) is 5.56 Å². The summed E-state index contributed by atoms with van der Waals surface area (Å²) in [5.41, 5.74) is -1.49. The molecule has 1 rings (SSSR count). The molecule has 0 N–H and O–H groups in total. The van der Waals surface area contributed by atoms with Crippen molar-refractivity contribution in [2.24, 2.45) is 0 Å². The number of benzene rings is 1. The molecule has 0 spiro atoms. The summed E-state index contributed by atoms with van der Waals surface area (Å²) in [7, 11) is 0. The highest BCUT2D eigenvalue weighted by atomic mass is 19.4. The molecule has 0 unspecified atom stereocenters. The number of carbonyl (C=O) groups excluding carboxylic acids is 2. The number of ether oxygens (including phenoxy) is 1. The number of halogens is 4. The van der Waals surface area contributed by atoms with E-state index in [2.05, 4.69) is 4.74 Å². The molecule has 0 heterocycles. The molecule has 0 atom stereocenters. The Morgan fingerprint density at radius 2 is 1.85 bits per heavy atom. The van der Waals surface area contributed by atoms with Gasteiger partial charge in [0, 0.05) is 12.8 Å². The highest BCUT2D eigenvalue weighted by Gasteiger charge is 2.34. The van der Waals surface area contributed by atoms with Crippen LogP contribution < -0.4 is 4.74 Å². The van der Waals surface area contributed by atoms with Gasteiger partial charge in [-0.05, 0) is 31.5 Å². The van der Waals surface area contributed by atoms with Gasteiger partial charge in [-0.2, -0.15) is 13.2 Å². The van der Waals surface area contributed by atoms with Crippen molar-refractivity contribution in [1.29, 1.82) is 0 Å². The lowest BCUT2D eigenvalue weighted by atomic mass is 10.2. The Bertz CT molecular complexity index is 509. The summed E-state index contributed by atoms with van der Waals surface area (Å²) in [5, 5.41) is 0. The first-order chi connectivity index (χ1) is 9.20. The van der Waals surface area contributed by atoms with E-state index in [0.29, 0.717) is 12.1 Å². The van der Waals surface area contributed by atoms with Crippen LogP contribution in [0.25, 0.3) is 0 Å². The first kappa shape index (κ1) is 16.1. The van der Waals surface area contributed by atoms with Crippen molar-refractivity contribution in [2.75, 3.05) is 0 Å². The van der Waals surface area contributed by atoms with Crippen molar-refractivity contribution in [3.05, 3.63) is 29.6 Å². The normalized spacial score (nSPS) is 11.2. The van der Waals surface area contributed by atoms with E-state index in [4.69, 9.17) is 0 Å². The minimum Gasteiger partial charge on any atom is -0.427 e. The summed E-state index contributed by atoms with van der Waals surface area (Å²) in [6.45, 7) is 1.36. The van der Waals surface area contributed by atoms with Crippen LogP contribution in [0.3, 0.4) is 0 Å². The zero-order valence-corrected chi connectivity index (χ0v) is 10.6. The molecule has 0 aliphatic heterocycles. The smallest absolute Gasteiger partial charge is 0.419 e. The third kappa shape index (κ3) is 4.99. The van der Waals surface area contributed by atoms with Crippen molar-refractivity contribution in [1.82, 2.24) is 0 Å². The van der Waals surface area contributed by atoms with E-state index in [1.165, 1.54) is 6.92 Å². The molecule has 0 saturated carbocycles. The monoisotopic (exact) mass is 292 g/mol. The molecule has 0 bridgehead atoms. The lowest BCUT2D eigenvalue weighted by Gasteiger charge is -2.10. The Hall–Kier alpha value is -1.92. The van der Waals surface area contributed by atoms with E-state index in [0.717, 1.165) is 6.07 Å². The molecule has 0 aromatic heterocycles. The largest absolute Gasteiger partial charge is 0.427 e. The molecule has 0 aliphatic rings. The topological polar surface area (TPSA) is 43.4 Å².